The number of likely N-dealkylation sites (N-methyl/N-ethyl adjacent to an activating group) is 1. The molecule has 1 saturated heterocycles. The van der Waals surface area contributed by atoms with E-state index in [1.807, 2.05) is 12.1 Å². The average molecular weight is 337 g/mol. The van der Waals surface area contributed by atoms with Crippen molar-refractivity contribution in [3.05, 3.63) is 34.7 Å². The largest absolute Gasteiger partial charge is 0.482 e. The zero-order valence-electron chi connectivity index (χ0n) is 12.2. The SMILES string of the molecule is CCOC(=O)COc1ccc(/C=C2/SC(=S)N(C)C2=O)cc1. The number of ether oxygens (including phenoxy) is 2. The molecule has 0 N–H and O–H groups in total. The Morgan fingerprint density at radius 2 is 2.05 bits per heavy atom. The molecule has 0 spiro atoms. The molecule has 116 valence electrons. The lowest BCUT2D eigenvalue weighted by Gasteiger charge is -2.06. The molecule has 1 aromatic rings. The predicted molar refractivity (Wildman–Crippen MR) is 89.5 cm³/mol. The van der Waals surface area contributed by atoms with E-state index < -0.39 is 5.97 Å². The van der Waals surface area contributed by atoms with Crippen LogP contribution in [0.1, 0.15) is 12.5 Å². The van der Waals surface area contributed by atoms with Crippen LogP contribution in [-0.4, -0.2) is 41.4 Å². The maximum atomic E-state index is 11.9. The smallest absolute Gasteiger partial charge is 0.344 e. The molecule has 1 aliphatic rings. The molecule has 0 unspecified atom stereocenters. The molecule has 0 bridgehead atoms. The van der Waals surface area contributed by atoms with Crippen molar-refractivity contribution in [3.63, 3.8) is 0 Å². The standard InChI is InChI=1S/C15H15NO4S2/c1-3-19-13(17)9-20-11-6-4-10(5-7-11)8-12-14(18)16(2)15(21)22-12/h4-8H,3,9H2,1-2H3/b12-8+. The fourth-order valence-electron chi connectivity index (χ4n) is 1.70. The topological polar surface area (TPSA) is 55.8 Å². The molecule has 0 aliphatic carbocycles. The first-order valence-electron chi connectivity index (χ1n) is 6.61. The van der Waals surface area contributed by atoms with Gasteiger partial charge >= 0.3 is 5.97 Å². The van der Waals surface area contributed by atoms with Gasteiger partial charge < -0.3 is 9.47 Å². The zero-order valence-corrected chi connectivity index (χ0v) is 13.8. The van der Waals surface area contributed by atoms with Gasteiger partial charge in [-0.25, -0.2) is 4.79 Å². The van der Waals surface area contributed by atoms with Crippen molar-refractivity contribution in [2.24, 2.45) is 0 Å². The number of carbonyl (C=O) groups is 2. The lowest BCUT2D eigenvalue weighted by molar-refractivity contribution is -0.145. The molecule has 1 fully saturated rings. The highest BCUT2D eigenvalue weighted by molar-refractivity contribution is 8.26. The average Bonchev–Trinajstić information content (AvgIpc) is 2.74. The Balaban J connectivity index is 1.99. The van der Waals surface area contributed by atoms with Crippen LogP contribution < -0.4 is 4.74 Å². The van der Waals surface area contributed by atoms with Gasteiger partial charge in [0.25, 0.3) is 5.91 Å². The van der Waals surface area contributed by atoms with Gasteiger partial charge in [0.1, 0.15) is 10.1 Å². The number of amides is 1. The van der Waals surface area contributed by atoms with Crippen LogP contribution in [0.25, 0.3) is 6.08 Å². The highest BCUT2D eigenvalue weighted by Crippen LogP contribution is 2.31. The maximum Gasteiger partial charge on any atom is 0.344 e. The summed E-state index contributed by atoms with van der Waals surface area (Å²) < 4.78 is 10.6. The first-order valence-corrected chi connectivity index (χ1v) is 7.83. The fourth-order valence-corrected chi connectivity index (χ4v) is 2.88. The van der Waals surface area contributed by atoms with Crippen molar-refractivity contribution in [2.75, 3.05) is 20.3 Å². The third-order valence-corrected chi connectivity index (χ3v) is 4.31. The lowest BCUT2D eigenvalue weighted by atomic mass is 10.2. The highest BCUT2D eigenvalue weighted by atomic mass is 32.2. The van der Waals surface area contributed by atoms with Gasteiger partial charge in [-0.2, -0.15) is 0 Å². The summed E-state index contributed by atoms with van der Waals surface area (Å²) >= 11 is 6.35. The number of rotatable bonds is 5. The number of hydrogen-bond acceptors (Lipinski definition) is 6. The third kappa shape index (κ3) is 4.08. The van der Waals surface area contributed by atoms with Crippen LogP contribution in [-0.2, 0) is 14.3 Å². The third-order valence-electron chi connectivity index (χ3n) is 2.83. The molecule has 0 radical (unpaired) electrons. The summed E-state index contributed by atoms with van der Waals surface area (Å²) in [5.41, 5.74) is 0.859. The fraction of sp³-hybridized carbons (Fsp3) is 0.267. The second kappa shape index (κ2) is 7.42. The minimum atomic E-state index is -0.404. The van der Waals surface area contributed by atoms with E-state index in [9.17, 15) is 9.59 Å². The summed E-state index contributed by atoms with van der Waals surface area (Å²) in [7, 11) is 1.66. The first kappa shape index (κ1) is 16.5. The molecule has 22 heavy (non-hydrogen) atoms. The summed E-state index contributed by atoms with van der Waals surface area (Å²) in [6, 6.07) is 7.08. The molecule has 5 nitrogen and oxygen atoms in total. The highest BCUT2D eigenvalue weighted by Gasteiger charge is 2.28. The quantitative estimate of drug-likeness (QED) is 0.467. The van der Waals surface area contributed by atoms with Gasteiger partial charge in [-0.1, -0.05) is 36.1 Å². The number of carbonyl (C=O) groups excluding carboxylic acids is 2. The van der Waals surface area contributed by atoms with Gasteiger partial charge in [0, 0.05) is 7.05 Å². The van der Waals surface area contributed by atoms with Crippen molar-refractivity contribution in [1.82, 2.24) is 4.90 Å². The first-order chi connectivity index (χ1) is 10.5. The molecule has 0 atom stereocenters. The monoisotopic (exact) mass is 337 g/mol. The van der Waals surface area contributed by atoms with E-state index in [-0.39, 0.29) is 12.5 Å². The second-order valence-electron chi connectivity index (χ2n) is 4.40. The Kier molecular flexibility index (Phi) is 5.57. The minimum Gasteiger partial charge on any atom is -0.482 e. The Labute approximate surface area is 138 Å². The summed E-state index contributed by atoms with van der Waals surface area (Å²) in [5, 5.41) is 0. The molecule has 1 heterocycles. The number of nitrogens with zero attached hydrogens (tertiary/aromatic N) is 1. The van der Waals surface area contributed by atoms with E-state index >= 15 is 0 Å². The van der Waals surface area contributed by atoms with Crippen molar-refractivity contribution < 1.29 is 19.1 Å². The van der Waals surface area contributed by atoms with E-state index in [1.54, 1.807) is 32.2 Å². The van der Waals surface area contributed by atoms with Crippen LogP contribution in [0.2, 0.25) is 0 Å². The number of thioether (sulfide) groups is 1. The Morgan fingerprint density at radius 1 is 1.36 bits per heavy atom. The van der Waals surface area contributed by atoms with Crippen LogP contribution in [0, 0.1) is 0 Å². The predicted octanol–water partition coefficient (Wildman–Crippen LogP) is 2.46. The van der Waals surface area contributed by atoms with Gasteiger partial charge in [0.05, 0.1) is 11.5 Å². The van der Waals surface area contributed by atoms with E-state index in [0.717, 1.165) is 5.56 Å². The number of thiocarbonyl (C=S) groups is 1. The lowest BCUT2D eigenvalue weighted by Crippen LogP contribution is -2.22. The van der Waals surface area contributed by atoms with Crippen LogP contribution in [0.15, 0.2) is 29.2 Å². The summed E-state index contributed by atoms with van der Waals surface area (Å²) in [6.45, 7) is 1.95. The van der Waals surface area contributed by atoms with Crippen molar-refractivity contribution in [2.45, 2.75) is 6.92 Å². The van der Waals surface area contributed by atoms with Crippen molar-refractivity contribution >= 4 is 46.3 Å². The number of benzene rings is 1. The minimum absolute atomic E-state index is 0.0994. The van der Waals surface area contributed by atoms with E-state index in [0.29, 0.717) is 21.6 Å². The Hall–Kier alpha value is -1.86. The van der Waals surface area contributed by atoms with E-state index in [4.69, 9.17) is 21.7 Å². The summed E-state index contributed by atoms with van der Waals surface area (Å²) in [5.74, 6) is 0.0593. The summed E-state index contributed by atoms with van der Waals surface area (Å²) in [6.07, 6.45) is 1.78. The maximum absolute atomic E-state index is 11.9. The van der Waals surface area contributed by atoms with Crippen molar-refractivity contribution in [3.8, 4) is 5.75 Å². The molecule has 7 heteroatoms. The van der Waals surface area contributed by atoms with Crippen LogP contribution >= 0.6 is 24.0 Å². The summed E-state index contributed by atoms with van der Waals surface area (Å²) in [4.78, 5) is 25.1. The molecule has 1 amide bonds. The van der Waals surface area contributed by atoms with Crippen LogP contribution in [0.3, 0.4) is 0 Å². The van der Waals surface area contributed by atoms with E-state index in [1.165, 1.54) is 16.7 Å². The van der Waals surface area contributed by atoms with Gasteiger partial charge in [-0.15, -0.1) is 0 Å². The second-order valence-corrected chi connectivity index (χ2v) is 6.08. The number of esters is 1. The molecular weight excluding hydrogens is 322 g/mol. The van der Waals surface area contributed by atoms with Crippen LogP contribution in [0.5, 0.6) is 5.75 Å². The Bertz CT molecular complexity index is 625. The van der Waals surface area contributed by atoms with Crippen LogP contribution in [0.4, 0.5) is 0 Å². The normalized spacial score (nSPS) is 16.3. The zero-order chi connectivity index (χ0) is 16.1. The van der Waals surface area contributed by atoms with Gasteiger partial charge in [0.15, 0.2) is 6.61 Å². The molecule has 0 aromatic heterocycles. The molecule has 0 saturated carbocycles. The van der Waals surface area contributed by atoms with Gasteiger partial charge in [0.2, 0.25) is 0 Å². The Morgan fingerprint density at radius 3 is 2.59 bits per heavy atom. The van der Waals surface area contributed by atoms with Crippen molar-refractivity contribution in [1.29, 1.82) is 0 Å². The molecule has 1 aliphatic heterocycles. The van der Waals surface area contributed by atoms with Gasteiger partial charge in [-0.05, 0) is 30.7 Å². The molecular formula is C15H15NO4S2. The van der Waals surface area contributed by atoms with E-state index in [2.05, 4.69) is 0 Å². The number of hydrogen-bond donors (Lipinski definition) is 0. The molecule has 1 aromatic carbocycles. The van der Waals surface area contributed by atoms with Gasteiger partial charge in [-0.3, -0.25) is 9.69 Å². The molecule has 2 rings (SSSR count).